The molecular formula is C19H18FN3O3S. The summed E-state index contributed by atoms with van der Waals surface area (Å²) in [7, 11) is -3.51. The Morgan fingerprint density at radius 3 is 2.67 bits per heavy atom. The molecule has 1 aromatic heterocycles. The molecule has 1 aliphatic carbocycles. The van der Waals surface area contributed by atoms with Gasteiger partial charge in [0.15, 0.2) is 0 Å². The highest BCUT2D eigenvalue weighted by Crippen LogP contribution is 2.30. The van der Waals surface area contributed by atoms with E-state index >= 15 is 0 Å². The van der Waals surface area contributed by atoms with Crippen LogP contribution in [0.5, 0.6) is 0 Å². The second kappa shape index (κ2) is 6.16. The second-order valence-corrected chi connectivity index (χ2v) is 8.71. The molecule has 1 heterocycles. The fourth-order valence-electron chi connectivity index (χ4n) is 3.05. The number of carbonyl (C=O) groups is 1. The molecule has 140 valence electrons. The zero-order chi connectivity index (χ0) is 19.3. The van der Waals surface area contributed by atoms with Crippen LogP contribution in [-0.2, 0) is 10.0 Å². The van der Waals surface area contributed by atoms with Gasteiger partial charge in [0.2, 0.25) is 0 Å². The Bertz CT molecular complexity index is 1180. The molecule has 8 heteroatoms. The molecule has 0 aliphatic heterocycles. The molecule has 27 heavy (non-hydrogen) atoms. The smallest absolute Gasteiger partial charge is 0.251 e. The van der Waals surface area contributed by atoms with Gasteiger partial charge in [0, 0.05) is 17.0 Å². The molecule has 1 saturated carbocycles. The van der Waals surface area contributed by atoms with Gasteiger partial charge >= 0.3 is 0 Å². The lowest BCUT2D eigenvalue weighted by Gasteiger charge is -2.11. The van der Waals surface area contributed by atoms with Gasteiger partial charge in [0.05, 0.1) is 18.0 Å². The Balaban J connectivity index is 1.80. The van der Waals surface area contributed by atoms with Crippen LogP contribution in [0.25, 0.3) is 22.0 Å². The Kier molecular flexibility index (Phi) is 4.03. The van der Waals surface area contributed by atoms with E-state index in [0.29, 0.717) is 27.6 Å². The molecule has 3 aromatic rings. The van der Waals surface area contributed by atoms with Crippen LogP contribution < -0.4 is 5.32 Å². The maximum absolute atomic E-state index is 14.4. The maximum atomic E-state index is 14.4. The normalized spacial score (nSPS) is 14.5. The standard InChI is InChI=1S/C19H18FN3O3S/c1-11-16(8-13(9-17(11)20)19(24)22-15-4-5-15)12-3-6-18-14(7-12)10-21-23(18)27(2,25)26/h3,6-10,15H,4-5H2,1-2H3,(H,22,24). The van der Waals surface area contributed by atoms with E-state index in [4.69, 9.17) is 0 Å². The number of aromatic nitrogens is 2. The fourth-order valence-corrected chi connectivity index (χ4v) is 3.79. The van der Waals surface area contributed by atoms with Crippen molar-refractivity contribution in [3.8, 4) is 11.1 Å². The molecule has 0 unspecified atom stereocenters. The van der Waals surface area contributed by atoms with Gasteiger partial charge in [-0.1, -0.05) is 6.07 Å². The van der Waals surface area contributed by atoms with Crippen LogP contribution in [0, 0.1) is 12.7 Å². The van der Waals surface area contributed by atoms with Gasteiger partial charge in [0.25, 0.3) is 15.9 Å². The van der Waals surface area contributed by atoms with Crippen molar-refractivity contribution in [2.45, 2.75) is 25.8 Å². The van der Waals surface area contributed by atoms with Crippen molar-refractivity contribution < 1.29 is 17.6 Å². The first-order valence-electron chi connectivity index (χ1n) is 8.54. The Hall–Kier alpha value is -2.74. The minimum atomic E-state index is -3.51. The summed E-state index contributed by atoms with van der Waals surface area (Å²) in [5.41, 5.74) is 2.42. The highest BCUT2D eigenvalue weighted by Gasteiger charge is 2.24. The third-order valence-electron chi connectivity index (χ3n) is 4.68. The van der Waals surface area contributed by atoms with Crippen LogP contribution in [0.4, 0.5) is 4.39 Å². The Morgan fingerprint density at radius 2 is 2.00 bits per heavy atom. The van der Waals surface area contributed by atoms with Crippen molar-refractivity contribution in [2.75, 3.05) is 6.26 Å². The molecule has 0 spiro atoms. The summed E-state index contributed by atoms with van der Waals surface area (Å²) in [4.78, 5) is 12.3. The lowest BCUT2D eigenvalue weighted by Crippen LogP contribution is -2.25. The van der Waals surface area contributed by atoms with E-state index in [-0.39, 0.29) is 17.5 Å². The Labute approximate surface area is 156 Å². The van der Waals surface area contributed by atoms with Gasteiger partial charge in [-0.25, -0.2) is 12.8 Å². The summed E-state index contributed by atoms with van der Waals surface area (Å²) in [5.74, 6) is -0.746. The van der Waals surface area contributed by atoms with Gasteiger partial charge in [-0.3, -0.25) is 4.79 Å². The van der Waals surface area contributed by atoms with Crippen LogP contribution in [0.2, 0.25) is 0 Å². The largest absolute Gasteiger partial charge is 0.349 e. The third-order valence-corrected chi connectivity index (χ3v) is 5.60. The summed E-state index contributed by atoms with van der Waals surface area (Å²) < 4.78 is 39.0. The number of hydrogen-bond donors (Lipinski definition) is 1. The van der Waals surface area contributed by atoms with Crippen molar-refractivity contribution in [3.63, 3.8) is 0 Å². The number of amides is 1. The average molecular weight is 387 g/mol. The summed E-state index contributed by atoms with van der Waals surface area (Å²) >= 11 is 0. The number of fused-ring (bicyclic) bond motifs is 1. The monoisotopic (exact) mass is 387 g/mol. The van der Waals surface area contributed by atoms with E-state index in [0.717, 1.165) is 23.2 Å². The molecule has 1 fully saturated rings. The minimum absolute atomic E-state index is 0.184. The number of halogens is 1. The molecule has 4 rings (SSSR count). The molecule has 0 radical (unpaired) electrons. The zero-order valence-corrected chi connectivity index (χ0v) is 15.7. The zero-order valence-electron chi connectivity index (χ0n) is 14.9. The Morgan fingerprint density at radius 1 is 1.26 bits per heavy atom. The number of carbonyl (C=O) groups excluding carboxylic acids is 1. The third kappa shape index (κ3) is 3.32. The number of rotatable bonds is 4. The highest BCUT2D eigenvalue weighted by molar-refractivity contribution is 7.89. The maximum Gasteiger partial charge on any atom is 0.251 e. The number of nitrogens with zero attached hydrogens (tertiary/aromatic N) is 2. The molecule has 1 aliphatic rings. The van der Waals surface area contributed by atoms with E-state index in [9.17, 15) is 17.6 Å². The lowest BCUT2D eigenvalue weighted by atomic mass is 9.96. The topological polar surface area (TPSA) is 81.1 Å². The van der Waals surface area contributed by atoms with Crippen molar-refractivity contribution in [3.05, 3.63) is 53.5 Å². The van der Waals surface area contributed by atoms with E-state index in [1.807, 2.05) is 0 Å². The van der Waals surface area contributed by atoms with Gasteiger partial charge in [0.1, 0.15) is 5.82 Å². The van der Waals surface area contributed by atoms with Crippen LogP contribution in [-0.4, -0.2) is 35.8 Å². The van der Waals surface area contributed by atoms with Crippen LogP contribution in [0.3, 0.4) is 0 Å². The first kappa shape index (κ1) is 17.7. The summed E-state index contributed by atoms with van der Waals surface area (Å²) in [5, 5.41) is 7.39. The number of nitrogens with one attached hydrogen (secondary N) is 1. The predicted octanol–water partition coefficient (Wildman–Crippen LogP) is 2.85. The lowest BCUT2D eigenvalue weighted by molar-refractivity contribution is 0.0950. The van der Waals surface area contributed by atoms with Crippen LogP contribution >= 0.6 is 0 Å². The van der Waals surface area contributed by atoms with E-state index in [1.165, 1.54) is 12.3 Å². The molecule has 1 amide bonds. The van der Waals surface area contributed by atoms with E-state index < -0.39 is 15.8 Å². The van der Waals surface area contributed by atoms with Gasteiger partial charge in [-0.15, -0.1) is 0 Å². The molecule has 1 N–H and O–H groups in total. The van der Waals surface area contributed by atoms with Gasteiger partial charge in [-0.05, 0) is 60.7 Å². The molecular weight excluding hydrogens is 369 g/mol. The summed E-state index contributed by atoms with van der Waals surface area (Å²) in [6.07, 6.45) is 4.44. The molecule has 0 saturated heterocycles. The van der Waals surface area contributed by atoms with Crippen molar-refractivity contribution in [1.29, 1.82) is 0 Å². The van der Waals surface area contributed by atoms with E-state index in [1.54, 1.807) is 31.2 Å². The molecule has 6 nitrogen and oxygen atoms in total. The number of benzene rings is 2. The average Bonchev–Trinajstić information content (AvgIpc) is 3.30. The first-order chi connectivity index (χ1) is 12.7. The fraction of sp³-hybridized carbons (Fsp3) is 0.263. The molecule has 0 bridgehead atoms. The number of hydrogen-bond acceptors (Lipinski definition) is 4. The summed E-state index contributed by atoms with van der Waals surface area (Å²) in [6.45, 7) is 1.65. The van der Waals surface area contributed by atoms with Crippen LogP contribution in [0.15, 0.2) is 36.5 Å². The minimum Gasteiger partial charge on any atom is -0.349 e. The van der Waals surface area contributed by atoms with Gasteiger partial charge < -0.3 is 5.32 Å². The van der Waals surface area contributed by atoms with Crippen molar-refractivity contribution in [2.24, 2.45) is 0 Å². The van der Waals surface area contributed by atoms with Gasteiger partial charge in [-0.2, -0.15) is 9.19 Å². The predicted molar refractivity (Wildman–Crippen MR) is 101 cm³/mol. The summed E-state index contributed by atoms with van der Waals surface area (Å²) in [6, 6.07) is 8.18. The van der Waals surface area contributed by atoms with Crippen LogP contribution in [0.1, 0.15) is 28.8 Å². The molecule has 0 atom stereocenters. The second-order valence-electron chi connectivity index (χ2n) is 6.90. The first-order valence-corrected chi connectivity index (χ1v) is 10.4. The van der Waals surface area contributed by atoms with E-state index in [2.05, 4.69) is 10.4 Å². The van der Waals surface area contributed by atoms with Crippen molar-refractivity contribution >= 4 is 26.8 Å². The quantitative estimate of drug-likeness (QED) is 0.746. The van der Waals surface area contributed by atoms with Crippen molar-refractivity contribution in [1.82, 2.24) is 14.5 Å². The highest BCUT2D eigenvalue weighted by atomic mass is 32.2. The molecule has 2 aromatic carbocycles. The SMILES string of the molecule is Cc1c(F)cc(C(=O)NC2CC2)cc1-c1ccc2c(cnn2S(C)(=O)=O)c1.